The molecule has 6 nitrogen and oxygen atoms in total. The molecule has 3 heterocycles. The lowest BCUT2D eigenvalue weighted by molar-refractivity contribution is -0.138. The fourth-order valence-electron chi connectivity index (χ4n) is 5.68. The van der Waals surface area contributed by atoms with Gasteiger partial charge in [-0.05, 0) is 30.9 Å². The Kier molecular flexibility index (Phi) is 3.78. The van der Waals surface area contributed by atoms with Gasteiger partial charge in [0.05, 0.1) is 30.1 Å². The van der Waals surface area contributed by atoms with E-state index in [0.29, 0.717) is 0 Å². The molecule has 4 aliphatic rings. The summed E-state index contributed by atoms with van der Waals surface area (Å²) in [6.07, 6.45) is 7.56. The van der Waals surface area contributed by atoms with Gasteiger partial charge in [0, 0.05) is 0 Å². The summed E-state index contributed by atoms with van der Waals surface area (Å²) < 4.78 is 11.0. The molecule has 1 saturated heterocycles. The molecule has 2 aliphatic heterocycles. The molecule has 6 heteroatoms. The van der Waals surface area contributed by atoms with Crippen LogP contribution < -0.4 is 0 Å². The predicted octanol–water partition coefficient (Wildman–Crippen LogP) is 2.11. The summed E-state index contributed by atoms with van der Waals surface area (Å²) >= 11 is 0. The number of aliphatic hydroxyl groups excluding tert-OH is 1. The Balaban J connectivity index is 1.49. The van der Waals surface area contributed by atoms with Gasteiger partial charge in [0.15, 0.2) is 17.6 Å². The Morgan fingerprint density at radius 3 is 2.67 bits per heavy atom. The minimum atomic E-state index is -1.58. The SMILES string of the molecule is O=C1C(C2CCCCC2)C(=O)C2C1C1C=CC2(C(O)C(=O)c2ccco2)O1. The number of hydrogen-bond acceptors (Lipinski definition) is 6. The summed E-state index contributed by atoms with van der Waals surface area (Å²) in [4.78, 5) is 39.1. The Morgan fingerprint density at radius 2 is 1.96 bits per heavy atom. The van der Waals surface area contributed by atoms with Crippen molar-refractivity contribution in [2.45, 2.75) is 49.9 Å². The van der Waals surface area contributed by atoms with E-state index in [2.05, 4.69) is 0 Å². The molecule has 0 spiro atoms. The second kappa shape index (κ2) is 5.97. The quantitative estimate of drug-likeness (QED) is 0.496. The van der Waals surface area contributed by atoms with Crippen LogP contribution in [0.25, 0.3) is 0 Å². The maximum atomic E-state index is 13.3. The third-order valence-corrected chi connectivity index (χ3v) is 6.89. The van der Waals surface area contributed by atoms with Gasteiger partial charge in [-0.25, -0.2) is 0 Å². The zero-order chi connectivity index (χ0) is 18.8. The largest absolute Gasteiger partial charge is 0.461 e. The van der Waals surface area contributed by atoms with Gasteiger partial charge >= 0.3 is 0 Å². The normalized spacial score (nSPS) is 39.1. The van der Waals surface area contributed by atoms with E-state index in [0.717, 1.165) is 32.1 Å². The van der Waals surface area contributed by atoms with Crippen molar-refractivity contribution < 1.29 is 28.6 Å². The third-order valence-electron chi connectivity index (χ3n) is 6.89. The minimum Gasteiger partial charge on any atom is -0.461 e. The lowest BCUT2D eigenvalue weighted by Crippen LogP contribution is -2.52. The van der Waals surface area contributed by atoms with Crippen molar-refractivity contribution in [1.82, 2.24) is 0 Å². The fraction of sp³-hybridized carbons (Fsp3) is 0.571. The first-order chi connectivity index (χ1) is 13.0. The van der Waals surface area contributed by atoms with Crippen LogP contribution >= 0.6 is 0 Å². The average Bonchev–Trinajstić information content (AvgIpc) is 3.45. The molecule has 0 aromatic carbocycles. The number of furan rings is 1. The van der Waals surface area contributed by atoms with E-state index in [9.17, 15) is 19.5 Å². The van der Waals surface area contributed by atoms with Gasteiger partial charge in [-0.3, -0.25) is 14.4 Å². The molecule has 3 fully saturated rings. The number of fused-ring (bicyclic) bond motifs is 5. The van der Waals surface area contributed by atoms with E-state index in [4.69, 9.17) is 9.15 Å². The highest BCUT2D eigenvalue weighted by Gasteiger charge is 2.71. The molecule has 6 atom stereocenters. The number of carbonyl (C=O) groups excluding carboxylic acids is 3. The standard InChI is InChI=1S/C21H22O6/c22-17(13-7-4-10-26-13)20(25)21-9-8-12(27-21)15-16(21)19(24)14(18(15)23)11-5-2-1-3-6-11/h4,7-12,14-16,20,25H,1-3,5-6H2. The number of rotatable bonds is 4. The number of hydrogen-bond donors (Lipinski definition) is 1. The number of ketones is 3. The molecular weight excluding hydrogens is 348 g/mol. The highest BCUT2D eigenvalue weighted by atomic mass is 16.5. The molecule has 0 amide bonds. The zero-order valence-corrected chi connectivity index (χ0v) is 14.9. The predicted molar refractivity (Wildman–Crippen MR) is 92.8 cm³/mol. The minimum absolute atomic E-state index is 0.0152. The van der Waals surface area contributed by atoms with Crippen LogP contribution in [0.4, 0.5) is 0 Å². The van der Waals surface area contributed by atoms with Crippen LogP contribution in [0.3, 0.4) is 0 Å². The van der Waals surface area contributed by atoms with Gasteiger partial charge in [0.25, 0.3) is 0 Å². The van der Waals surface area contributed by atoms with E-state index >= 15 is 0 Å². The van der Waals surface area contributed by atoms with Crippen LogP contribution in [0.2, 0.25) is 0 Å². The first-order valence-electron chi connectivity index (χ1n) is 9.75. The molecule has 142 valence electrons. The highest BCUT2D eigenvalue weighted by molar-refractivity contribution is 6.14. The third kappa shape index (κ3) is 2.23. The second-order valence-corrected chi connectivity index (χ2v) is 8.22. The molecule has 5 rings (SSSR count). The van der Waals surface area contributed by atoms with Gasteiger partial charge in [0.2, 0.25) is 5.78 Å². The van der Waals surface area contributed by atoms with Crippen LogP contribution in [0.15, 0.2) is 35.0 Å². The van der Waals surface area contributed by atoms with E-state index < -0.39 is 41.3 Å². The van der Waals surface area contributed by atoms with Crippen molar-refractivity contribution >= 4 is 17.3 Å². The Morgan fingerprint density at radius 1 is 1.19 bits per heavy atom. The van der Waals surface area contributed by atoms with Crippen LogP contribution in [-0.2, 0) is 14.3 Å². The summed E-state index contributed by atoms with van der Waals surface area (Å²) in [6, 6.07) is 3.03. The lowest BCUT2D eigenvalue weighted by atomic mass is 9.72. The number of aliphatic hydroxyl groups is 1. The van der Waals surface area contributed by atoms with Crippen molar-refractivity contribution in [1.29, 1.82) is 0 Å². The van der Waals surface area contributed by atoms with E-state index in [1.54, 1.807) is 18.2 Å². The van der Waals surface area contributed by atoms with Gasteiger partial charge < -0.3 is 14.3 Å². The Hall–Kier alpha value is -2.05. The fourth-order valence-corrected chi connectivity index (χ4v) is 5.68. The molecule has 2 aliphatic carbocycles. The van der Waals surface area contributed by atoms with Gasteiger partial charge in [0.1, 0.15) is 11.4 Å². The first-order valence-corrected chi connectivity index (χ1v) is 9.75. The van der Waals surface area contributed by atoms with Crippen molar-refractivity contribution in [3.63, 3.8) is 0 Å². The van der Waals surface area contributed by atoms with Gasteiger partial charge in [-0.2, -0.15) is 0 Å². The average molecular weight is 370 g/mol. The first kappa shape index (κ1) is 17.1. The molecular formula is C21H22O6. The molecule has 2 bridgehead atoms. The maximum Gasteiger partial charge on any atom is 0.229 e. The molecule has 1 aromatic heterocycles. The number of carbonyl (C=O) groups is 3. The van der Waals surface area contributed by atoms with Crippen molar-refractivity contribution in [3.05, 3.63) is 36.3 Å². The smallest absolute Gasteiger partial charge is 0.229 e. The molecule has 2 saturated carbocycles. The highest BCUT2D eigenvalue weighted by Crippen LogP contribution is 2.56. The van der Waals surface area contributed by atoms with Crippen molar-refractivity contribution in [3.8, 4) is 0 Å². The Bertz CT molecular complexity index is 818. The zero-order valence-electron chi connectivity index (χ0n) is 14.9. The monoisotopic (exact) mass is 370 g/mol. The van der Waals surface area contributed by atoms with Crippen LogP contribution in [-0.4, -0.2) is 40.3 Å². The molecule has 27 heavy (non-hydrogen) atoms. The summed E-state index contributed by atoms with van der Waals surface area (Å²) in [5, 5.41) is 10.9. The van der Waals surface area contributed by atoms with E-state index in [-0.39, 0.29) is 23.2 Å². The lowest BCUT2D eigenvalue weighted by Gasteiger charge is -2.33. The summed E-state index contributed by atoms with van der Waals surface area (Å²) in [6.45, 7) is 0. The van der Waals surface area contributed by atoms with Gasteiger partial charge in [-0.15, -0.1) is 0 Å². The van der Waals surface area contributed by atoms with Gasteiger partial charge in [-0.1, -0.05) is 31.4 Å². The summed E-state index contributed by atoms with van der Waals surface area (Å²) in [5.41, 5.74) is -1.46. The van der Waals surface area contributed by atoms with E-state index in [1.165, 1.54) is 12.3 Å². The summed E-state index contributed by atoms with van der Waals surface area (Å²) in [5.74, 6) is -2.75. The number of ether oxygens (including phenoxy) is 1. The van der Waals surface area contributed by atoms with Crippen molar-refractivity contribution in [2.75, 3.05) is 0 Å². The van der Waals surface area contributed by atoms with Crippen LogP contribution in [0, 0.1) is 23.7 Å². The second-order valence-electron chi connectivity index (χ2n) is 8.22. The van der Waals surface area contributed by atoms with E-state index in [1.807, 2.05) is 0 Å². The molecule has 1 N–H and O–H groups in total. The molecule has 0 radical (unpaired) electrons. The van der Waals surface area contributed by atoms with Crippen LogP contribution in [0.5, 0.6) is 0 Å². The molecule has 6 unspecified atom stereocenters. The summed E-state index contributed by atoms with van der Waals surface area (Å²) in [7, 11) is 0. The van der Waals surface area contributed by atoms with Crippen molar-refractivity contribution in [2.24, 2.45) is 23.7 Å². The van der Waals surface area contributed by atoms with Crippen LogP contribution in [0.1, 0.15) is 42.7 Å². The number of Topliss-reactive ketones (excluding diaryl/α,β-unsaturated/α-hetero) is 3. The maximum absolute atomic E-state index is 13.3. The Labute approximate surface area is 156 Å². The molecule has 1 aromatic rings. The topological polar surface area (TPSA) is 93.8 Å².